The molecular weight excluding hydrogens is 238 g/mol. The first kappa shape index (κ1) is 13.4. The number of carbonyl (C=O) groups excluding carboxylic acids is 1. The van der Waals surface area contributed by atoms with Gasteiger partial charge in [0, 0.05) is 25.2 Å². The van der Waals surface area contributed by atoms with E-state index in [0.29, 0.717) is 11.9 Å². The molecule has 0 aliphatic carbocycles. The number of hydrogen-bond acceptors (Lipinski definition) is 3. The van der Waals surface area contributed by atoms with Gasteiger partial charge in [-0.3, -0.25) is 4.79 Å². The molecule has 0 bridgehead atoms. The largest absolute Gasteiger partial charge is 0.338 e. The number of rotatable bonds is 4. The number of piperidine rings is 1. The molecule has 3 aliphatic rings. The summed E-state index contributed by atoms with van der Waals surface area (Å²) in [6.45, 7) is 6.57. The minimum atomic E-state index is 0.0987. The Bertz CT molecular complexity index is 333. The maximum Gasteiger partial charge on any atom is 0.240 e. The minimum Gasteiger partial charge on any atom is -0.338 e. The van der Waals surface area contributed by atoms with E-state index >= 15 is 0 Å². The van der Waals surface area contributed by atoms with Gasteiger partial charge in [0.15, 0.2) is 0 Å². The summed E-state index contributed by atoms with van der Waals surface area (Å²) in [5, 5.41) is 3.39. The number of likely N-dealkylation sites (tertiary alicyclic amines) is 1. The zero-order valence-corrected chi connectivity index (χ0v) is 12.1. The molecule has 1 amide bonds. The van der Waals surface area contributed by atoms with Gasteiger partial charge in [0.05, 0.1) is 6.04 Å². The van der Waals surface area contributed by atoms with Gasteiger partial charge >= 0.3 is 0 Å². The van der Waals surface area contributed by atoms with Crippen LogP contribution in [-0.4, -0.2) is 60.0 Å². The van der Waals surface area contributed by atoms with Gasteiger partial charge in [-0.2, -0.15) is 0 Å². The molecule has 4 heteroatoms. The summed E-state index contributed by atoms with van der Waals surface area (Å²) >= 11 is 0. The lowest BCUT2D eigenvalue weighted by Gasteiger charge is -2.39. The van der Waals surface area contributed by atoms with Crippen molar-refractivity contribution in [2.24, 2.45) is 0 Å². The van der Waals surface area contributed by atoms with Crippen LogP contribution in [0.4, 0.5) is 0 Å². The fourth-order valence-corrected chi connectivity index (χ4v) is 4.06. The Labute approximate surface area is 116 Å². The van der Waals surface area contributed by atoms with E-state index in [1.54, 1.807) is 0 Å². The number of fused-ring (bicyclic) bond motifs is 1. The molecule has 3 saturated heterocycles. The van der Waals surface area contributed by atoms with Gasteiger partial charge in [-0.25, -0.2) is 0 Å². The van der Waals surface area contributed by atoms with Gasteiger partial charge < -0.3 is 15.1 Å². The van der Waals surface area contributed by atoms with Crippen molar-refractivity contribution in [1.29, 1.82) is 0 Å². The first-order valence-electron chi connectivity index (χ1n) is 8.07. The van der Waals surface area contributed by atoms with Gasteiger partial charge in [0.25, 0.3) is 0 Å². The van der Waals surface area contributed by atoms with E-state index in [9.17, 15) is 4.79 Å². The molecule has 3 unspecified atom stereocenters. The van der Waals surface area contributed by atoms with Crippen LogP contribution in [0, 0.1) is 0 Å². The number of hydrogen-bond donors (Lipinski definition) is 1. The molecular formula is C15H27N3O. The molecule has 3 aliphatic heterocycles. The van der Waals surface area contributed by atoms with Crippen LogP contribution in [0.3, 0.4) is 0 Å². The highest BCUT2D eigenvalue weighted by Crippen LogP contribution is 2.31. The van der Waals surface area contributed by atoms with Gasteiger partial charge in [-0.1, -0.05) is 6.92 Å². The first-order valence-corrected chi connectivity index (χ1v) is 8.07. The third-order valence-electron chi connectivity index (χ3n) is 5.11. The normalized spacial score (nSPS) is 35.9. The smallest absolute Gasteiger partial charge is 0.240 e. The summed E-state index contributed by atoms with van der Waals surface area (Å²) in [5.41, 5.74) is 0. The second kappa shape index (κ2) is 5.80. The molecule has 0 saturated carbocycles. The molecule has 0 aromatic heterocycles. The van der Waals surface area contributed by atoms with Gasteiger partial charge in [0.1, 0.15) is 0 Å². The van der Waals surface area contributed by atoms with Crippen molar-refractivity contribution in [3.8, 4) is 0 Å². The molecule has 0 radical (unpaired) electrons. The molecule has 0 aromatic rings. The van der Waals surface area contributed by atoms with Crippen molar-refractivity contribution in [2.75, 3.05) is 26.2 Å². The topological polar surface area (TPSA) is 35.6 Å². The van der Waals surface area contributed by atoms with Crippen LogP contribution in [0.5, 0.6) is 0 Å². The number of nitrogens with one attached hydrogen (secondary N) is 1. The molecule has 3 fully saturated rings. The van der Waals surface area contributed by atoms with E-state index in [2.05, 4.69) is 22.0 Å². The lowest BCUT2D eigenvalue weighted by atomic mass is 9.96. The van der Waals surface area contributed by atoms with Crippen molar-refractivity contribution >= 4 is 5.91 Å². The predicted molar refractivity (Wildman–Crippen MR) is 76.0 cm³/mol. The van der Waals surface area contributed by atoms with E-state index in [1.807, 2.05) is 0 Å². The van der Waals surface area contributed by atoms with E-state index in [-0.39, 0.29) is 6.04 Å². The SMILES string of the molecule is CCCNC1CCN(C2CCN3CCCC3C2)C1=O. The zero-order chi connectivity index (χ0) is 13.2. The van der Waals surface area contributed by atoms with Crippen molar-refractivity contribution < 1.29 is 4.79 Å². The lowest BCUT2D eigenvalue weighted by Crippen LogP contribution is -2.49. The molecule has 3 heterocycles. The molecule has 1 N–H and O–H groups in total. The van der Waals surface area contributed by atoms with Crippen LogP contribution in [-0.2, 0) is 4.79 Å². The summed E-state index contributed by atoms with van der Waals surface area (Å²) in [5.74, 6) is 0.366. The fourth-order valence-electron chi connectivity index (χ4n) is 4.06. The molecule has 108 valence electrons. The molecule has 3 rings (SSSR count). The summed E-state index contributed by atoms with van der Waals surface area (Å²) in [6.07, 6.45) is 7.20. The third-order valence-corrected chi connectivity index (χ3v) is 5.11. The van der Waals surface area contributed by atoms with E-state index < -0.39 is 0 Å². The Morgan fingerprint density at radius 1 is 1.16 bits per heavy atom. The third kappa shape index (κ3) is 2.65. The monoisotopic (exact) mass is 265 g/mol. The average molecular weight is 265 g/mol. The van der Waals surface area contributed by atoms with Crippen LogP contribution in [0.1, 0.15) is 45.4 Å². The van der Waals surface area contributed by atoms with Crippen molar-refractivity contribution in [3.05, 3.63) is 0 Å². The quantitative estimate of drug-likeness (QED) is 0.830. The predicted octanol–water partition coefficient (Wildman–Crippen LogP) is 1.21. The van der Waals surface area contributed by atoms with Crippen LogP contribution >= 0.6 is 0 Å². The van der Waals surface area contributed by atoms with Gasteiger partial charge in [-0.15, -0.1) is 0 Å². The summed E-state index contributed by atoms with van der Waals surface area (Å²) < 4.78 is 0. The number of carbonyl (C=O) groups is 1. The highest BCUT2D eigenvalue weighted by molar-refractivity contribution is 5.84. The molecule has 0 aromatic carbocycles. The fraction of sp³-hybridized carbons (Fsp3) is 0.933. The lowest BCUT2D eigenvalue weighted by molar-refractivity contribution is -0.132. The summed E-state index contributed by atoms with van der Waals surface area (Å²) in [6, 6.07) is 1.37. The second-order valence-corrected chi connectivity index (χ2v) is 6.34. The maximum atomic E-state index is 12.5. The highest BCUT2D eigenvalue weighted by Gasteiger charge is 2.40. The van der Waals surface area contributed by atoms with Crippen LogP contribution in [0.15, 0.2) is 0 Å². The maximum absolute atomic E-state index is 12.5. The van der Waals surface area contributed by atoms with E-state index in [1.165, 1.54) is 38.8 Å². The Kier molecular flexibility index (Phi) is 4.08. The van der Waals surface area contributed by atoms with Crippen molar-refractivity contribution in [2.45, 2.75) is 63.6 Å². The summed E-state index contributed by atoms with van der Waals surface area (Å²) in [4.78, 5) is 17.3. The van der Waals surface area contributed by atoms with E-state index in [4.69, 9.17) is 0 Å². The summed E-state index contributed by atoms with van der Waals surface area (Å²) in [7, 11) is 0. The number of amides is 1. The van der Waals surface area contributed by atoms with Crippen LogP contribution in [0.2, 0.25) is 0 Å². The molecule has 4 nitrogen and oxygen atoms in total. The average Bonchev–Trinajstić information content (AvgIpc) is 3.02. The Balaban J connectivity index is 1.56. The number of nitrogens with zero attached hydrogens (tertiary/aromatic N) is 2. The van der Waals surface area contributed by atoms with Crippen LogP contribution < -0.4 is 5.32 Å². The van der Waals surface area contributed by atoms with Crippen molar-refractivity contribution in [3.63, 3.8) is 0 Å². The highest BCUT2D eigenvalue weighted by atomic mass is 16.2. The molecule has 19 heavy (non-hydrogen) atoms. The second-order valence-electron chi connectivity index (χ2n) is 6.34. The van der Waals surface area contributed by atoms with Gasteiger partial charge in [0.2, 0.25) is 5.91 Å². The Morgan fingerprint density at radius 3 is 2.89 bits per heavy atom. The Morgan fingerprint density at radius 2 is 2.05 bits per heavy atom. The molecule has 0 spiro atoms. The van der Waals surface area contributed by atoms with Crippen molar-refractivity contribution in [1.82, 2.24) is 15.1 Å². The minimum absolute atomic E-state index is 0.0987. The van der Waals surface area contributed by atoms with Crippen LogP contribution in [0.25, 0.3) is 0 Å². The van der Waals surface area contributed by atoms with Gasteiger partial charge in [-0.05, 0) is 51.6 Å². The molecule has 3 atom stereocenters. The zero-order valence-electron chi connectivity index (χ0n) is 12.1. The Hall–Kier alpha value is -0.610. The standard InChI is InChI=1S/C15H27N3O/c1-2-7-16-14-6-10-18(15(14)19)13-5-9-17-8-3-4-12(17)11-13/h12-14,16H,2-11H2,1H3. The first-order chi connectivity index (χ1) is 9.29. The van der Waals surface area contributed by atoms with E-state index in [0.717, 1.165) is 32.0 Å².